The predicted molar refractivity (Wildman–Crippen MR) is 54.8 cm³/mol. The van der Waals surface area contributed by atoms with Crippen molar-refractivity contribution in [3.8, 4) is 0 Å². The van der Waals surface area contributed by atoms with Crippen LogP contribution in [-0.2, 0) is 6.42 Å². The number of aliphatic hydroxyl groups is 1. The van der Waals surface area contributed by atoms with Crippen LogP contribution in [-0.4, -0.2) is 17.3 Å². The third-order valence-electron chi connectivity index (χ3n) is 2.02. The first-order valence-electron chi connectivity index (χ1n) is 4.31. The predicted octanol–water partition coefficient (Wildman–Crippen LogP) is 1.73. The summed E-state index contributed by atoms with van der Waals surface area (Å²) in [5.74, 6) is -0.364. The van der Waals surface area contributed by atoms with Crippen molar-refractivity contribution in [2.75, 3.05) is 6.54 Å². The van der Waals surface area contributed by atoms with Crippen molar-refractivity contribution in [3.05, 3.63) is 34.6 Å². The molecule has 1 aromatic carbocycles. The van der Waals surface area contributed by atoms with E-state index in [0.29, 0.717) is 10.6 Å². The zero-order valence-electron chi connectivity index (χ0n) is 7.93. The molecule has 14 heavy (non-hydrogen) atoms. The molecule has 1 aromatic rings. The SMILES string of the molecule is CC(O)(CN)Cc1cc(F)ccc1Cl. The van der Waals surface area contributed by atoms with Gasteiger partial charge in [-0.25, -0.2) is 4.39 Å². The number of hydrogen-bond acceptors (Lipinski definition) is 2. The Morgan fingerprint density at radius 1 is 1.57 bits per heavy atom. The zero-order chi connectivity index (χ0) is 10.8. The number of halogens is 2. The summed E-state index contributed by atoms with van der Waals surface area (Å²) in [5, 5.41) is 10.1. The quantitative estimate of drug-likeness (QED) is 0.810. The highest BCUT2D eigenvalue weighted by Crippen LogP contribution is 2.21. The van der Waals surface area contributed by atoms with E-state index in [0.717, 1.165) is 0 Å². The van der Waals surface area contributed by atoms with E-state index < -0.39 is 5.60 Å². The third-order valence-corrected chi connectivity index (χ3v) is 2.39. The first kappa shape index (κ1) is 11.4. The summed E-state index contributed by atoms with van der Waals surface area (Å²) in [6, 6.07) is 4.06. The first-order valence-corrected chi connectivity index (χ1v) is 4.69. The molecule has 0 saturated heterocycles. The highest BCUT2D eigenvalue weighted by molar-refractivity contribution is 6.31. The van der Waals surface area contributed by atoms with E-state index >= 15 is 0 Å². The van der Waals surface area contributed by atoms with Gasteiger partial charge in [0.15, 0.2) is 0 Å². The van der Waals surface area contributed by atoms with Crippen LogP contribution >= 0.6 is 11.6 Å². The Morgan fingerprint density at radius 3 is 2.79 bits per heavy atom. The van der Waals surface area contributed by atoms with Gasteiger partial charge in [-0.05, 0) is 30.7 Å². The van der Waals surface area contributed by atoms with Gasteiger partial charge in [0.05, 0.1) is 5.60 Å². The Balaban J connectivity index is 2.91. The maximum absolute atomic E-state index is 12.9. The Hall–Kier alpha value is -0.640. The summed E-state index contributed by atoms with van der Waals surface area (Å²) in [4.78, 5) is 0. The average molecular weight is 218 g/mol. The molecule has 0 fully saturated rings. The summed E-state index contributed by atoms with van der Waals surface area (Å²) < 4.78 is 12.9. The molecule has 0 heterocycles. The van der Waals surface area contributed by atoms with Crippen LogP contribution in [0.25, 0.3) is 0 Å². The number of rotatable bonds is 3. The highest BCUT2D eigenvalue weighted by Gasteiger charge is 2.20. The van der Waals surface area contributed by atoms with Gasteiger partial charge in [-0.2, -0.15) is 0 Å². The van der Waals surface area contributed by atoms with Gasteiger partial charge in [0.25, 0.3) is 0 Å². The minimum Gasteiger partial charge on any atom is -0.389 e. The normalized spacial score (nSPS) is 15.2. The molecule has 0 amide bonds. The number of benzene rings is 1. The van der Waals surface area contributed by atoms with Crippen LogP contribution in [0.3, 0.4) is 0 Å². The molecule has 1 unspecified atom stereocenters. The lowest BCUT2D eigenvalue weighted by Crippen LogP contribution is -2.36. The number of nitrogens with two attached hydrogens (primary N) is 1. The molecule has 1 atom stereocenters. The van der Waals surface area contributed by atoms with E-state index in [1.165, 1.54) is 18.2 Å². The van der Waals surface area contributed by atoms with E-state index in [2.05, 4.69) is 0 Å². The minimum absolute atomic E-state index is 0.111. The topological polar surface area (TPSA) is 46.2 Å². The zero-order valence-corrected chi connectivity index (χ0v) is 8.68. The molecule has 0 spiro atoms. The van der Waals surface area contributed by atoms with Crippen LogP contribution in [0.4, 0.5) is 4.39 Å². The van der Waals surface area contributed by atoms with Gasteiger partial charge in [0.1, 0.15) is 5.82 Å². The van der Waals surface area contributed by atoms with Crippen molar-refractivity contribution in [1.29, 1.82) is 0 Å². The van der Waals surface area contributed by atoms with Gasteiger partial charge in [-0.3, -0.25) is 0 Å². The fourth-order valence-corrected chi connectivity index (χ4v) is 1.35. The molecule has 0 saturated carbocycles. The molecule has 4 heteroatoms. The molecule has 1 rings (SSSR count). The Bertz CT molecular complexity index is 328. The van der Waals surface area contributed by atoms with Gasteiger partial charge in [-0.15, -0.1) is 0 Å². The van der Waals surface area contributed by atoms with Crippen LogP contribution < -0.4 is 5.73 Å². The Morgan fingerprint density at radius 2 is 2.21 bits per heavy atom. The Labute approximate surface area is 87.5 Å². The van der Waals surface area contributed by atoms with Crippen LogP contribution in [0.5, 0.6) is 0 Å². The van der Waals surface area contributed by atoms with Crippen LogP contribution in [0, 0.1) is 5.82 Å². The summed E-state index contributed by atoms with van der Waals surface area (Å²) in [6.07, 6.45) is 0.250. The van der Waals surface area contributed by atoms with E-state index in [1.807, 2.05) is 0 Å². The lowest BCUT2D eigenvalue weighted by Gasteiger charge is -2.21. The average Bonchev–Trinajstić information content (AvgIpc) is 2.11. The number of hydrogen-bond donors (Lipinski definition) is 2. The van der Waals surface area contributed by atoms with Gasteiger partial charge >= 0.3 is 0 Å². The van der Waals surface area contributed by atoms with E-state index in [-0.39, 0.29) is 18.8 Å². The third kappa shape index (κ3) is 2.94. The summed E-state index contributed by atoms with van der Waals surface area (Å²) >= 11 is 5.84. The van der Waals surface area contributed by atoms with Crippen molar-refractivity contribution in [2.45, 2.75) is 18.9 Å². The van der Waals surface area contributed by atoms with Gasteiger partial charge in [-0.1, -0.05) is 11.6 Å². The molecule has 0 bridgehead atoms. The molecule has 0 aliphatic heterocycles. The lowest BCUT2D eigenvalue weighted by molar-refractivity contribution is 0.0696. The van der Waals surface area contributed by atoms with E-state index in [1.54, 1.807) is 6.92 Å². The van der Waals surface area contributed by atoms with Crippen molar-refractivity contribution in [2.24, 2.45) is 5.73 Å². The summed E-state index contributed by atoms with van der Waals surface area (Å²) in [5.41, 5.74) is 4.88. The second-order valence-electron chi connectivity index (χ2n) is 3.61. The fourth-order valence-electron chi connectivity index (χ4n) is 1.16. The molecule has 2 nitrogen and oxygen atoms in total. The van der Waals surface area contributed by atoms with Crippen LogP contribution in [0.2, 0.25) is 5.02 Å². The monoisotopic (exact) mass is 217 g/mol. The summed E-state index contributed by atoms with van der Waals surface area (Å²) in [6.45, 7) is 1.70. The Kier molecular flexibility index (Phi) is 3.48. The minimum atomic E-state index is -1.04. The molecular weight excluding hydrogens is 205 g/mol. The van der Waals surface area contributed by atoms with Crippen molar-refractivity contribution >= 4 is 11.6 Å². The second-order valence-corrected chi connectivity index (χ2v) is 4.02. The van der Waals surface area contributed by atoms with Crippen molar-refractivity contribution in [3.63, 3.8) is 0 Å². The van der Waals surface area contributed by atoms with Crippen molar-refractivity contribution < 1.29 is 9.50 Å². The highest BCUT2D eigenvalue weighted by atomic mass is 35.5. The molecule has 78 valence electrons. The first-order chi connectivity index (χ1) is 6.44. The lowest BCUT2D eigenvalue weighted by atomic mass is 9.97. The van der Waals surface area contributed by atoms with E-state index in [9.17, 15) is 9.50 Å². The van der Waals surface area contributed by atoms with Crippen LogP contribution in [0.1, 0.15) is 12.5 Å². The maximum atomic E-state index is 12.9. The van der Waals surface area contributed by atoms with Gasteiger partial charge < -0.3 is 10.8 Å². The molecule has 0 radical (unpaired) electrons. The largest absolute Gasteiger partial charge is 0.389 e. The molecule has 3 N–H and O–H groups in total. The van der Waals surface area contributed by atoms with Crippen LogP contribution in [0.15, 0.2) is 18.2 Å². The fraction of sp³-hybridized carbons (Fsp3) is 0.400. The smallest absolute Gasteiger partial charge is 0.123 e. The maximum Gasteiger partial charge on any atom is 0.123 e. The molecule has 0 aliphatic rings. The van der Waals surface area contributed by atoms with Gasteiger partial charge in [0, 0.05) is 18.0 Å². The standard InChI is InChI=1S/C10H13ClFNO/c1-10(14,6-13)5-7-4-8(12)2-3-9(7)11/h2-4,14H,5-6,13H2,1H3. The van der Waals surface area contributed by atoms with E-state index in [4.69, 9.17) is 17.3 Å². The second kappa shape index (κ2) is 4.26. The molecular formula is C10H13ClFNO. The summed E-state index contributed by atoms with van der Waals surface area (Å²) in [7, 11) is 0. The molecule has 0 aromatic heterocycles. The van der Waals surface area contributed by atoms with Gasteiger partial charge in [0.2, 0.25) is 0 Å². The van der Waals surface area contributed by atoms with Crippen molar-refractivity contribution in [1.82, 2.24) is 0 Å². The molecule has 0 aliphatic carbocycles.